The molecule has 2 aromatic rings. The van der Waals surface area contributed by atoms with Crippen molar-refractivity contribution in [1.82, 2.24) is 10.2 Å². The fourth-order valence-electron chi connectivity index (χ4n) is 4.04. The third kappa shape index (κ3) is 7.16. The van der Waals surface area contributed by atoms with Crippen LogP contribution in [0.3, 0.4) is 0 Å². The predicted octanol–water partition coefficient (Wildman–Crippen LogP) is 6.34. The zero-order chi connectivity index (χ0) is 22.9. The Hall–Kier alpha value is -1.69. The summed E-state index contributed by atoms with van der Waals surface area (Å²) in [6.45, 7) is 2.27. The monoisotopic (exact) mass is 492 g/mol. The molecular formula is C25H30Cl2N2O2S. The molecule has 7 heteroatoms. The van der Waals surface area contributed by atoms with E-state index in [0.29, 0.717) is 35.2 Å². The Bertz CT molecular complexity index is 904. The highest BCUT2D eigenvalue weighted by atomic mass is 35.5. The van der Waals surface area contributed by atoms with Gasteiger partial charge in [-0.25, -0.2) is 0 Å². The van der Waals surface area contributed by atoms with E-state index in [1.807, 2.05) is 43.3 Å². The van der Waals surface area contributed by atoms with Gasteiger partial charge in [-0.2, -0.15) is 0 Å². The molecule has 0 aliphatic heterocycles. The van der Waals surface area contributed by atoms with Crippen LogP contribution in [0.25, 0.3) is 0 Å². The van der Waals surface area contributed by atoms with Crippen molar-refractivity contribution in [3.05, 3.63) is 64.1 Å². The number of halogens is 2. The Morgan fingerprint density at radius 1 is 1.09 bits per heavy atom. The molecule has 1 atom stereocenters. The Morgan fingerprint density at radius 2 is 1.81 bits per heavy atom. The van der Waals surface area contributed by atoms with E-state index in [2.05, 4.69) is 5.32 Å². The summed E-state index contributed by atoms with van der Waals surface area (Å²) in [7, 11) is 0. The number of carbonyl (C=O) groups is 2. The number of nitrogens with zero attached hydrogens (tertiary/aromatic N) is 1. The first kappa shape index (κ1) is 24.9. The van der Waals surface area contributed by atoms with Crippen LogP contribution in [0, 0.1) is 0 Å². The first-order valence-corrected chi connectivity index (χ1v) is 12.9. The number of carbonyl (C=O) groups excluding carboxylic acids is 2. The maximum absolute atomic E-state index is 13.3. The summed E-state index contributed by atoms with van der Waals surface area (Å²) in [5, 5.41) is 4.08. The van der Waals surface area contributed by atoms with E-state index < -0.39 is 6.04 Å². The van der Waals surface area contributed by atoms with E-state index in [1.165, 1.54) is 0 Å². The van der Waals surface area contributed by atoms with E-state index in [4.69, 9.17) is 23.2 Å². The highest BCUT2D eigenvalue weighted by molar-refractivity contribution is 7.99. The minimum atomic E-state index is -0.515. The van der Waals surface area contributed by atoms with Crippen LogP contribution in [-0.2, 0) is 16.1 Å². The summed E-state index contributed by atoms with van der Waals surface area (Å²) >= 11 is 13.9. The van der Waals surface area contributed by atoms with Crippen molar-refractivity contribution in [1.29, 1.82) is 0 Å². The van der Waals surface area contributed by atoms with Gasteiger partial charge in [-0.05, 0) is 49.1 Å². The largest absolute Gasteiger partial charge is 0.352 e. The highest BCUT2D eigenvalue weighted by Crippen LogP contribution is 2.25. The lowest BCUT2D eigenvalue weighted by Gasteiger charge is -2.31. The molecule has 0 radical (unpaired) electrons. The lowest BCUT2D eigenvalue weighted by atomic mass is 10.1. The second-order valence-corrected chi connectivity index (χ2v) is 10.1. The van der Waals surface area contributed by atoms with Crippen LogP contribution in [0.15, 0.2) is 53.4 Å². The lowest BCUT2D eigenvalue weighted by Crippen LogP contribution is -2.51. The van der Waals surface area contributed by atoms with Crippen LogP contribution in [0.2, 0.25) is 10.0 Å². The molecule has 1 aliphatic rings. The summed E-state index contributed by atoms with van der Waals surface area (Å²) < 4.78 is 0. The zero-order valence-corrected chi connectivity index (χ0v) is 20.7. The standard InChI is InChI=1S/C25H30Cl2N2O2S/c1-2-23(25(31)28-19-8-6-7-9-19)29(17-18-12-13-21(26)22(27)16-18)24(30)14-15-32-20-10-4-3-5-11-20/h3-5,10-13,16,19,23H,2,6-9,14-15,17H2,1H3,(H,28,31)/t23-/m1/s1. The Morgan fingerprint density at radius 3 is 2.47 bits per heavy atom. The predicted molar refractivity (Wildman–Crippen MR) is 133 cm³/mol. The molecule has 172 valence electrons. The number of hydrogen-bond donors (Lipinski definition) is 1. The molecule has 0 spiro atoms. The Labute approximate surface area is 205 Å². The van der Waals surface area contributed by atoms with Crippen LogP contribution in [0.5, 0.6) is 0 Å². The average Bonchev–Trinajstić information content (AvgIpc) is 3.29. The van der Waals surface area contributed by atoms with Gasteiger partial charge in [-0.1, -0.05) is 67.2 Å². The van der Waals surface area contributed by atoms with E-state index in [0.717, 1.165) is 36.1 Å². The first-order valence-electron chi connectivity index (χ1n) is 11.2. The number of nitrogens with one attached hydrogen (secondary N) is 1. The molecule has 4 nitrogen and oxygen atoms in total. The third-order valence-corrected chi connectivity index (χ3v) is 7.51. The van der Waals surface area contributed by atoms with Gasteiger partial charge < -0.3 is 10.2 Å². The van der Waals surface area contributed by atoms with Crippen molar-refractivity contribution in [3.63, 3.8) is 0 Å². The normalized spacial score (nSPS) is 14.8. The van der Waals surface area contributed by atoms with Gasteiger partial charge in [0.25, 0.3) is 0 Å². The van der Waals surface area contributed by atoms with Gasteiger partial charge in [-0.3, -0.25) is 9.59 Å². The Kier molecular flexibility index (Phi) is 9.76. The quantitative estimate of drug-likeness (QED) is 0.393. The molecule has 1 saturated carbocycles. The first-order chi connectivity index (χ1) is 15.5. The second-order valence-electron chi connectivity index (χ2n) is 8.10. The summed E-state index contributed by atoms with van der Waals surface area (Å²) in [5.41, 5.74) is 0.857. The SMILES string of the molecule is CC[C@H](C(=O)NC1CCCC1)N(Cc1ccc(Cl)c(Cl)c1)C(=O)CCSc1ccccc1. The minimum Gasteiger partial charge on any atom is -0.352 e. The lowest BCUT2D eigenvalue weighted by molar-refractivity contribution is -0.141. The molecular weight excluding hydrogens is 463 g/mol. The van der Waals surface area contributed by atoms with Crippen LogP contribution in [0.1, 0.15) is 51.0 Å². The molecule has 0 saturated heterocycles. The van der Waals surface area contributed by atoms with Gasteiger partial charge >= 0.3 is 0 Å². The fraction of sp³-hybridized carbons (Fsp3) is 0.440. The number of thioether (sulfide) groups is 1. The number of benzene rings is 2. The van der Waals surface area contributed by atoms with Crippen molar-refractivity contribution in [3.8, 4) is 0 Å². The molecule has 2 amide bonds. The number of amides is 2. The summed E-state index contributed by atoms with van der Waals surface area (Å²) in [6.07, 6.45) is 5.22. The molecule has 0 aromatic heterocycles. The van der Waals surface area contributed by atoms with Gasteiger partial charge in [0.15, 0.2) is 0 Å². The van der Waals surface area contributed by atoms with Gasteiger partial charge in [-0.15, -0.1) is 11.8 Å². The molecule has 32 heavy (non-hydrogen) atoms. The van der Waals surface area contributed by atoms with E-state index >= 15 is 0 Å². The molecule has 0 bridgehead atoms. The fourth-order valence-corrected chi connectivity index (χ4v) is 5.22. The van der Waals surface area contributed by atoms with Crippen LogP contribution in [0.4, 0.5) is 0 Å². The molecule has 1 aliphatic carbocycles. The summed E-state index contributed by atoms with van der Waals surface area (Å²) in [4.78, 5) is 29.3. The number of hydrogen-bond acceptors (Lipinski definition) is 3. The van der Waals surface area contributed by atoms with Crippen molar-refractivity contribution >= 4 is 46.8 Å². The smallest absolute Gasteiger partial charge is 0.243 e. The molecule has 2 aromatic carbocycles. The maximum atomic E-state index is 13.3. The van der Waals surface area contributed by atoms with Crippen LogP contribution in [-0.4, -0.2) is 34.6 Å². The van der Waals surface area contributed by atoms with Gasteiger partial charge in [0, 0.05) is 29.7 Å². The maximum Gasteiger partial charge on any atom is 0.243 e. The van der Waals surface area contributed by atoms with E-state index in [9.17, 15) is 9.59 Å². The molecule has 1 fully saturated rings. The van der Waals surface area contributed by atoms with E-state index in [1.54, 1.807) is 28.8 Å². The average molecular weight is 494 g/mol. The molecule has 3 rings (SSSR count). The van der Waals surface area contributed by atoms with Crippen molar-refractivity contribution < 1.29 is 9.59 Å². The van der Waals surface area contributed by atoms with Gasteiger partial charge in [0.2, 0.25) is 11.8 Å². The highest BCUT2D eigenvalue weighted by Gasteiger charge is 2.30. The summed E-state index contributed by atoms with van der Waals surface area (Å²) in [5.74, 6) is 0.554. The van der Waals surface area contributed by atoms with Crippen molar-refractivity contribution in [2.24, 2.45) is 0 Å². The topological polar surface area (TPSA) is 49.4 Å². The van der Waals surface area contributed by atoms with E-state index in [-0.39, 0.29) is 17.9 Å². The Balaban J connectivity index is 1.72. The second kappa shape index (κ2) is 12.5. The minimum absolute atomic E-state index is 0.0343. The molecule has 1 N–H and O–H groups in total. The molecule has 0 unspecified atom stereocenters. The van der Waals surface area contributed by atoms with Gasteiger partial charge in [0.1, 0.15) is 6.04 Å². The molecule has 0 heterocycles. The summed E-state index contributed by atoms with van der Waals surface area (Å²) in [6, 6.07) is 15.1. The van der Waals surface area contributed by atoms with Crippen LogP contribution < -0.4 is 5.32 Å². The van der Waals surface area contributed by atoms with Crippen molar-refractivity contribution in [2.75, 3.05) is 5.75 Å². The van der Waals surface area contributed by atoms with Gasteiger partial charge in [0.05, 0.1) is 10.0 Å². The van der Waals surface area contributed by atoms with Crippen molar-refractivity contribution in [2.45, 2.75) is 69.0 Å². The zero-order valence-electron chi connectivity index (χ0n) is 18.4. The number of rotatable bonds is 10. The third-order valence-electron chi connectivity index (χ3n) is 5.75. The van der Waals surface area contributed by atoms with Crippen LogP contribution >= 0.6 is 35.0 Å².